The van der Waals surface area contributed by atoms with E-state index in [9.17, 15) is 9.59 Å². The Morgan fingerprint density at radius 1 is 1.16 bits per heavy atom. The number of carbonyl (C=O) groups excluding carboxylic acids is 2. The minimum Gasteiger partial charge on any atom is -0.459 e. The summed E-state index contributed by atoms with van der Waals surface area (Å²) in [6.07, 6.45) is 1.42. The first-order chi connectivity index (χ1) is 15.0. The lowest BCUT2D eigenvalue weighted by Crippen LogP contribution is -2.53. The third kappa shape index (κ3) is 5.12. The van der Waals surface area contributed by atoms with Gasteiger partial charge in [-0.2, -0.15) is 4.98 Å². The molecule has 0 saturated carbocycles. The molecular weight excluding hydrogens is 422 g/mol. The van der Waals surface area contributed by atoms with Gasteiger partial charge < -0.3 is 19.2 Å². The van der Waals surface area contributed by atoms with E-state index in [4.69, 9.17) is 20.5 Å². The molecule has 10 heteroatoms. The van der Waals surface area contributed by atoms with Gasteiger partial charge in [-0.05, 0) is 43.3 Å². The Balaban J connectivity index is 1.26. The Morgan fingerprint density at radius 3 is 2.58 bits per heavy atom. The molecule has 3 heterocycles. The second-order valence-electron chi connectivity index (χ2n) is 7.29. The molecule has 1 unspecified atom stereocenters. The van der Waals surface area contributed by atoms with Crippen molar-refractivity contribution in [3.05, 3.63) is 59.3 Å². The zero-order valence-corrected chi connectivity index (χ0v) is 17.7. The molecule has 4 rings (SSSR count). The fraction of sp³-hybridized carbons (Fsp3) is 0.333. The predicted molar refractivity (Wildman–Crippen MR) is 112 cm³/mol. The molecule has 1 aromatic carbocycles. The highest BCUT2D eigenvalue weighted by Crippen LogP contribution is 2.19. The average Bonchev–Trinajstić information content (AvgIpc) is 3.47. The number of carbonyl (C=O) groups is 2. The maximum atomic E-state index is 12.7. The Hall–Kier alpha value is -3.17. The van der Waals surface area contributed by atoms with Gasteiger partial charge in [0.25, 0.3) is 5.91 Å². The van der Waals surface area contributed by atoms with Gasteiger partial charge in [-0.25, -0.2) is 0 Å². The van der Waals surface area contributed by atoms with Gasteiger partial charge in [0.05, 0.1) is 12.8 Å². The molecule has 1 aliphatic heterocycles. The van der Waals surface area contributed by atoms with Gasteiger partial charge in [-0.1, -0.05) is 16.8 Å². The van der Waals surface area contributed by atoms with E-state index in [2.05, 4.69) is 20.4 Å². The summed E-state index contributed by atoms with van der Waals surface area (Å²) in [5, 5.41) is 7.35. The summed E-state index contributed by atoms with van der Waals surface area (Å²) >= 11 is 5.91. The van der Waals surface area contributed by atoms with Crippen LogP contribution in [0, 0.1) is 0 Å². The molecule has 9 nitrogen and oxygen atoms in total. The topological polar surface area (TPSA) is 105 Å². The predicted octanol–water partition coefficient (Wildman–Crippen LogP) is 2.45. The van der Waals surface area contributed by atoms with Crippen molar-refractivity contribution >= 4 is 23.4 Å². The second kappa shape index (κ2) is 9.32. The third-order valence-corrected chi connectivity index (χ3v) is 5.33. The van der Waals surface area contributed by atoms with Crippen LogP contribution in [0.15, 0.2) is 51.6 Å². The van der Waals surface area contributed by atoms with E-state index in [1.165, 1.54) is 6.26 Å². The van der Waals surface area contributed by atoms with Gasteiger partial charge in [-0.15, -0.1) is 0 Å². The van der Waals surface area contributed by atoms with Crippen molar-refractivity contribution in [2.24, 2.45) is 0 Å². The van der Waals surface area contributed by atoms with E-state index in [-0.39, 0.29) is 11.7 Å². The minimum absolute atomic E-state index is 0.123. The van der Waals surface area contributed by atoms with Gasteiger partial charge in [0.15, 0.2) is 5.76 Å². The maximum Gasteiger partial charge on any atom is 0.287 e. The van der Waals surface area contributed by atoms with E-state index in [1.54, 1.807) is 36.1 Å². The van der Waals surface area contributed by atoms with Crippen molar-refractivity contribution in [1.29, 1.82) is 0 Å². The Labute approximate surface area is 183 Å². The molecule has 2 amide bonds. The number of aromatic nitrogens is 2. The van der Waals surface area contributed by atoms with Crippen LogP contribution in [0.1, 0.15) is 23.4 Å². The highest BCUT2D eigenvalue weighted by molar-refractivity contribution is 6.30. The van der Waals surface area contributed by atoms with Crippen LogP contribution in [0.4, 0.5) is 0 Å². The summed E-state index contributed by atoms with van der Waals surface area (Å²) in [4.78, 5) is 33.1. The van der Waals surface area contributed by atoms with E-state index < -0.39 is 11.9 Å². The van der Waals surface area contributed by atoms with Crippen LogP contribution >= 0.6 is 11.6 Å². The SMILES string of the molecule is CC(NC(=O)c1ccco1)C(=O)N1CCN(Cc2nc(-c3ccc(Cl)cc3)no2)CC1. The van der Waals surface area contributed by atoms with Crippen LogP contribution in [-0.2, 0) is 11.3 Å². The first-order valence-corrected chi connectivity index (χ1v) is 10.3. The summed E-state index contributed by atoms with van der Waals surface area (Å²) in [7, 11) is 0. The Bertz CT molecular complexity index is 1030. The molecule has 31 heavy (non-hydrogen) atoms. The smallest absolute Gasteiger partial charge is 0.287 e. The average molecular weight is 444 g/mol. The van der Waals surface area contributed by atoms with Gasteiger partial charge in [-0.3, -0.25) is 14.5 Å². The fourth-order valence-electron chi connectivity index (χ4n) is 3.36. The molecule has 162 valence electrons. The number of benzene rings is 1. The minimum atomic E-state index is -0.637. The van der Waals surface area contributed by atoms with Crippen molar-refractivity contribution in [3.8, 4) is 11.4 Å². The number of hydrogen-bond acceptors (Lipinski definition) is 7. The normalized spacial score (nSPS) is 15.6. The summed E-state index contributed by atoms with van der Waals surface area (Å²) in [6, 6.07) is 9.79. The number of nitrogens with one attached hydrogen (secondary N) is 1. The molecule has 1 N–H and O–H groups in total. The number of amides is 2. The van der Waals surface area contributed by atoms with Crippen LogP contribution in [0.2, 0.25) is 5.02 Å². The second-order valence-corrected chi connectivity index (χ2v) is 7.73. The molecule has 3 aromatic rings. The van der Waals surface area contributed by atoms with Crippen molar-refractivity contribution < 1.29 is 18.5 Å². The number of rotatable bonds is 6. The number of hydrogen-bond donors (Lipinski definition) is 1. The lowest BCUT2D eigenvalue weighted by molar-refractivity contribution is -0.134. The first-order valence-electron chi connectivity index (χ1n) is 9.93. The number of furan rings is 1. The molecule has 1 atom stereocenters. The maximum absolute atomic E-state index is 12.7. The van der Waals surface area contributed by atoms with Gasteiger partial charge in [0, 0.05) is 36.8 Å². The van der Waals surface area contributed by atoms with Crippen molar-refractivity contribution in [2.75, 3.05) is 26.2 Å². The quantitative estimate of drug-likeness (QED) is 0.623. The first kappa shape index (κ1) is 21.1. The zero-order chi connectivity index (χ0) is 21.8. The number of halogens is 1. The highest BCUT2D eigenvalue weighted by Gasteiger charge is 2.27. The third-order valence-electron chi connectivity index (χ3n) is 5.08. The molecule has 0 spiro atoms. The summed E-state index contributed by atoms with van der Waals surface area (Å²) in [5.41, 5.74) is 0.834. The number of nitrogens with zero attached hydrogens (tertiary/aromatic N) is 4. The van der Waals surface area contributed by atoms with Crippen molar-refractivity contribution in [3.63, 3.8) is 0 Å². The fourth-order valence-corrected chi connectivity index (χ4v) is 3.49. The molecule has 2 aromatic heterocycles. The summed E-state index contributed by atoms with van der Waals surface area (Å²) in [6.45, 7) is 4.63. The molecule has 1 fully saturated rings. The van der Waals surface area contributed by atoms with E-state index >= 15 is 0 Å². The van der Waals surface area contributed by atoms with Crippen LogP contribution in [0.3, 0.4) is 0 Å². The summed E-state index contributed by atoms with van der Waals surface area (Å²) < 4.78 is 10.4. The highest BCUT2D eigenvalue weighted by atomic mass is 35.5. The lowest BCUT2D eigenvalue weighted by Gasteiger charge is -2.35. The summed E-state index contributed by atoms with van der Waals surface area (Å²) in [5.74, 6) is 0.687. The number of piperazine rings is 1. The van der Waals surface area contributed by atoms with Gasteiger partial charge in [0.1, 0.15) is 6.04 Å². The standard InChI is InChI=1S/C21H22ClN5O4/c1-14(23-20(28)17-3-2-12-30-17)21(29)27-10-8-26(9-11-27)13-18-24-19(25-31-18)15-4-6-16(22)7-5-15/h2-7,12,14H,8-11,13H2,1H3,(H,23,28). The molecular formula is C21H22ClN5O4. The van der Waals surface area contributed by atoms with Crippen molar-refractivity contribution in [1.82, 2.24) is 25.3 Å². The van der Waals surface area contributed by atoms with Crippen LogP contribution in [0.5, 0.6) is 0 Å². The molecule has 1 aliphatic rings. The Kier molecular flexibility index (Phi) is 6.34. The van der Waals surface area contributed by atoms with E-state index in [0.29, 0.717) is 49.5 Å². The van der Waals surface area contributed by atoms with Crippen LogP contribution < -0.4 is 5.32 Å². The molecule has 0 radical (unpaired) electrons. The molecule has 0 bridgehead atoms. The van der Waals surface area contributed by atoms with Crippen LogP contribution in [0.25, 0.3) is 11.4 Å². The van der Waals surface area contributed by atoms with Gasteiger partial charge in [0.2, 0.25) is 17.6 Å². The van der Waals surface area contributed by atoms with E-state index in [1.807, 2.05) is 12.1 Å². The monoisotopic (exact) mass is 443 g/mol. The largest absolute Gasteiger partial charge is 0.459 e. The van der Waals surface area contributed by atoms with Crippen molar-refractivity contribution in [2.45, 2.75) is 19.5 Å². The van der Waals surface area contributed by atoms with E-state index in [0.717, 1.165) is 5.56 Å². The lowest BCUT2D eigenvalue weighted by atomic mass is 10.2. The molecule has 0 aliphatic carbocycles. The Morgan fingerprint density at radius 2 is 1.90 bits per heavy atom. The zero-order valence-electron chi connectivity index (χ0n) is 17.0. The van der Waals surface area contributed by atoms with Gasteiger partial charge >= 0.3 is 0 Å². The van der Waals surface area contributed by atoms with Crippen LogP contribution in [-0.4, -0.2) is 64.0 Å². The molecule has 1 saturated heterocycles.